The van der Waals surface area contributed by atoms with Gasteiger partial charge in [-0.15, -0.1) is 4.40 Å². The Kier molecular flexibility index (Phi) is 5.46. The zero-order chi connectivity index (χ0) is 19.7. The lowest BCUT2D eigenvalue weighted by Crippen LogP contribution is -2.46. The molecule has 0 bridgehead atoms. The summed E-state index contributed by atoms with van der Waals surface area (Å²) >= 11 is 0. The van der Waals surface area contributed by atoms with Crippen LogP contribution < -0.4 is 0 Å². The van der Waals surface area contributed by atoms with Crippen molar-refractivity contribution in [3.63, 3.8) is 0 Å². The number of nitrogens with zero attached hydrogens (tertiary/aromatic N) is 2. The number of hydrogen-bond donors (Lipinski definition) is 0. The number of sulfonamides is 1. The zero-order valence-corrected chi connectivity index (χ0v) is 16.8. The second-order valence-electron chi connectivity index (χ2n) is 7.83. The second kappa shape index (κ2) is 7.50. The first kappa shape index (κ1) is 19.7. The summed E-state index contributed by atoms with van der Waals surface area (Å²) < 4.78 is 39.1. The van der Waals surface area contributed by atoms with Crippen molar-refractivity contribution in [2.45, 2.75) is 63.0 Å². The SMILES string of the molecule is CC(C)(C)OC(=O)N1CCCC[C@H]1CCOC1=NS(=O)(=O)c2ccccc21. The Balaban J connectivity index is 1.62. The molecule has 1 amide bonds. The highest BCUT2D eigenvalue weighted by Crippen LogP contribution is 2.27. The lowest BCUT2D eigenvalue weighted by atomic mass is 10.0. The van der Waals surface area contributed by atoms with Gasteiger partial charge in [-0.25, -0.2) is 4.79 Å². The van der Waals surface area contributed by atoms with E-state index in [9.17, 15) is 13.2 Å². The molecule has 0 unspecified atom stereocenters. The minimum Gasteiger partial charge on any atom is -0.477 e. The predicted octanol–water partition coefficient (Wildman–Crippen LogP) is 3.33. The molecule has 2 aliphatic heterocycles. The molecule has 0 aliphatic carbocycles. The van der Waals surface area contributed by atoms with E-state index in [4.69, 9.17) is 9.47 Å². The molecule has 0 radical (unpaired) electrons. The van der Waals surface area contributed by atoms with Gasteiger partial charge in [0, 0.05) is 19.0 Å². The van der Waals surface area contributed by atoms with Crippen molar-refractivity contribution in [3.05, 3.63) is 29.8 Å². The van der Waals surface area contributed by atoms with Gasteiger partial charge in [0.25, 0.3) is 10.0 Å². The first-order chi connectivity index (χ1) is 12.7. The van der Waals surface area contributed by atoms with Crippen molar-refractivity contribution in [3.8, 4) is 0 Å². The molecule has 1 aromatic rings. The molecule has 8 heteroatoms. The third kappa shape index (κ3) is 4.61. The average Bonchev–Trinajstić information content (AvgIpc) is 2.85. The first-order valence-electron chi connectivity index (χ1n) is 9.24. The highest BCUT2D eigenvalue weighted by Gasteiger charge is 2.32. The van der Waals surface area contributed by atoms with Crippen LogP contribution in [0.3, 0.4) is 0 Å². The molecule has 7 nitrogen and oxygen atoms in total. The summed E-state index contributed by atoms with van der Waals surface area (Å²) in [5.41, 5.74) is -0.0446. The maximum atomic E-state index is 12.5. The fraction of sp³-hybridized carbons (Fsp3) is 0.579. The summed E-state index contributed by atoms with van der Waals surface area (Å²) in [6, 6.07) is 6.64. The summed E-state index contributed by atoms with van der Waals surface area (Å²) in [5, 5.41) is 0. The van der Waals surface area contributed by atoms with Gasteiger partial charge < -0.3 is 14.4 Å². The van der Waals surface area contributed by atoms with Crippen LogP contribution in [-0.2, 0) is 19.5 Å². The van der Waals surface area contributed by atoms with Crippen LogP contribution in [0.1, 0.15) is 52.0 Å². The monoisotopic (exact) mass is 394 g/mol. The fourth-order valence-corrected chi connectivity index (χ4v) is 4.48. The first-order valence-corrected chi connectivity index (χ1v) is 10.7. The van der Waals surface area contributed by atoms with Crippen molar-refractivity contribution in [2.75, 3.05) is 13.2 Å². The van der Waals surface area contributed by atoms with Crippen LogP contribution in [0.5, 0.6) is 0 Å². The topological polar surface area (TPSA) is 85.3 Å². The molecule has 1 saturated heterocycles. The van der Waals surface area contributed by atoms with Crippen molar-refractivity contribution < 1.29 is 22.7 Å². The quantitative estimate of drug-likeness (QED) is 0.785. The molecule has 1 atom stereocenters. The Hall–Kier alpha value is -2.09. The van der Waals surface area contributed by atoms with Crippen LogP contribution in [0.2, 0.25) is 0 Å². The summed E-state index contributed by atoms with van der Waals surface area (Å²) in [6.45, 7) is 6.50. The van der Waals surface area contributed by atoms with Crippen molar-refractivity contribution >= 4 is 22.0 Å². The third-order valence-electron chi connectivity index (χ3n) is 4.54. The number of hydrogen-bond acceptors (Lipinski definition) is 5. The Morgan fingerprint density at radius 2 is 2.00 bits per heavy atom. The van der Waals surface area contributed by atoms with Crippen LogP contribution in [-0.4, -0.2) is 50.1 Å². The number of benzene rings is 1. The Labute approximate surface area is 160 Å². The number of carbonyl (C=O) groups excluding carboxylic acids is 1. The number of likely N-dealkylation sites (tertiary alicyclic amines) is 1. The smallest absolute Gasteiger partial charge is 0.410 e. The number of piperidine rings is 1. The van der Waals surface area contributed by atoms with E-state index in [1.54, 1.807) is 23.1 Å². The van der Waals surface area contributed by atoms with Crippen LogP contribution >= 0.6 is 0 Å². The molecule has 0 saturated carbocycles. The number of fused-ring (bicyclic) bond motifs is 1. The van der Waals surface area contributed by atoms with Gasteiger partial charge in [-0.05, 0) is 52.2 Å². The Morgan fingerprint density at radius 3 is 2.74 bits per heavy atom. The van der Waals surface area contributed by atoms with E-state index >= 15 is 0 Å². The zero-order valence-electron chi connectivity index (χ0n) is 16.0. The highest BCUT2D eigenvalue weighted by molar-refractivity contribution is 7.90. The van der Waals surface area contributed by atoms with Crippen LogP contribution in [0, 0.1) is 0 Å². The normalized spacial score (nSPS) is 21.4. The summed E-state index contributed by atoms with van der Waals surface area (Å²) in [7, 11) is -3.68. The molecule has 148 valence electrons. The molecule has 3 rings (SSSR count). The molecule has 0 N–H and O–H groups in total. The Bertz CT molecular complexity index is 842. The number of rotatable bonds is 3. The molecule has 1 fully saturated rings. The molecule has 0 aromatic heterocycles. The van der Waals surface area contributed by atoms with Crippen molar-refractivity contribution in [1.29, 1.82) is 0 Å². The number of amides is 1. The van der Waals surface area contributed by atoms with Gasteiger partial charge in [-0.1, -0.05) is 12.1 Å². The van der Waals surface area contributed by atoms with Crippen LogP contribution in [0.25, 0.3) is 0 Å². The van der Waals surface area contributed by atoms with E-state index in [1.165, 1.54) is 6.07 Å². The molecule has 2 aliphatic rings. The van der Waals surface area contributed by atoms with E-state index in [0.29, 0.717) is 18.5 Å². The third-order valence-corrected chi connectivity index (χ3v) is 5.86. The fourth-order valence-electron chi connectivity index (χ4n) is 3.33. The van der Waals surface area contributed by atoms with E-state index in [-0.39, 0.29) is 29.5 Å². The standard InChI is InChI=1S/C19H26N2O5S/c1-19(2,3)26-18(22)21-12-7-6-8-14(21)11-13-25-17-15-9-4-5-10-16(15)27(23,24)20-17/h4-5,9-10,14H,6-8,11-13H2,1-3H3/t14-/m0/s1. The van der Waals surface area contributed by atoms with Gasteiger partial charge in [0.2, 0.25) is 5.90 Å². The van der Waals surface area contributed by atoms with E-state index in [2.05, 4.69) is 4.40 Å². The van der Waals surface area contributed by atoms with Gasteiger partial charge >= 0.3 is 6.09 Å². The number of carbonyl (C=O) groups is 1. The van der Waals surface area contributed by atoms with E-state index < -0.39 is 15.6 Å². The number of ether oxygens (including phenoxy) is 2. The van der Waals surface area contributed by atoms with E-state index in [0.717, 1.165) is 19.3 Å². The van der Waals surface area contributed by atoms with Crippen molar-refractivity contribution in [1.82, 2.24) is 4.90 Å². The van der Waals surface area contributed by atoms with Gasteiger partial charge in [0.15, 0.2) is 0 Å². The van der Waals surface area contributed by atoms with Gasteiger partial charge in [0.1, 0.15) is 10.5 Å². The lowest BCUT2D eigenvalue weighted by molar-refractivity contribution is 0.00728. The average molecular weight is 394 g/mol. The highest BCUT2D eigenvalue weighted by atomic mass is 32.2. The maximum absolute atomic E-state index is 12.5. The Morgan fingerprint density at radius 1 is 1.26 bits per heavy atom. The maximum Gasteiger partial charge on any atom is 0.410 e. The molecule has 27 heavy (non-hydrogen) atoms. The minimum absolute atomic E-state index is 0.0162. The molecule has 1 aromatic carbocycles. The van der Waals surface area contributed by atoms with Crippen LogP contribution in [0.15, 0.2) is 33.6 Å². The largest absolute Gasteiger partial charge is 0.477 e. The van der Waals surface area contributed by atoms with Gasteiger partial charge in [-0.3, -0.25) is 0 Å². The minimum atomic E-state index is -3.68. The van der Waals surface area contributed by atoms with Crippen LogP contribution in [0.4, 0.5) is 4.79 Å². The summed E-state index contributed by atoms with van der Waals surface area (Å²) in [4.78, 5) is 14.4. The van der Waals surface area contributed by atoms with Gasteiger partial charge in [-0.2, -0.15) is 8.42 Å². The summed E-state index contributed by atoms with van der Waals surface area (Å²) in [5.74, 6) is 0.130. The van der Waals surface area contributed by atoms with Crippen molar-refractivity contribution in [2.24, 2.45) is 4.40 Å². The molecule has 0 spiro atoms. The lowest BCUT2D eigenvalue weighted by Gasteiger charge is -2.36. The second-order valence-corrected chi connectivity index (χ2v) is 9.40. The predicted molar refractivity (Wildman–Crippen MR) is 101 cm³/mol. The molecule has 2 heterocycles. The van der Waals surface area contributed by atoms with E-state index in [1.807, 2.05) is 20.8 Å². The van der Waals surface area contributed by atoms with Gasteiger partial charge in [0.05, 0.1) is 12.2 Å². The summed E-state index contributed by atoms with van der Waals surface area (Å²) in [6.07, 6.45) is 3.17. The molecular weight excluding hydrogens is 368 g/mol. The molecular formula is C19H26N2O5S.